The summed E-state index contributed by atoms with van der Waals surface area (Å²) in [5.41, 5.74) is 4.39. The van der Waals surface area contributed by atoms with E-state index < -0.39 is 17.8 Å². The van der Waals surface area contributed by atoms with Gasteiger partial charge in [-0.25, -0.2) is 0 Å². The first kappa shape index (κ1) is 19.5. The maximum Gasteiger partial charge on any atom is 0.419 e. The average molecular weight is 327 g/mol. The van der Waals surface area contributed by atoms with E-state index in [2.05, 4.69) is 5.32 Å². The van der Waals surface area contributed by atoms with Gasteiger partial charge in [0, 0.05) is 13.0 Å². The predicted molar refractivity (Wildman–Crippen MR) is 75.5 cm³/mol. The molecule has 0 spiro atoms. The van der Waals surface area contributed by atoms with E-state index in [1.54, 1.807) is 6.92 Å². The Kier molecular flexibility index (Phi) is 8.12. The third kappa shape index (κ3) is 6.68. The third-order valence-corrected chi connectivity index (χ3v) is 2.46. The molecular weight excluding hydrogens is 309 g/mol. The van der Waals surface area contributed by atoms with Gasteiger partial charge in [-0.1, -0.05) is 12.1 Å². The molecule has 0 saturated heterocycles. The number of amides is 1. The van der Waals surface area contributed by atoms with Gasteiger partial charge < -0.3 is 15.8 Å². The number of halogens is 4. The minimum absolute atomic E-state index is 0. The highest BCUT2D eigenvalue weighted by Crippen LogP contribution is 2.35. The highest BCUT2D eigenvalue weighted by Gasteiger charge is 2.34. The lowest BCUT2D eigenvalue weighted by molar-refractivity contribution is -0.139. The first-order chi connectivity index (χ1) is 9.34. The molecule has 0 radical (unpaired) electrons. The molecule has 1 aromatic carbocycles. The Morgan fingerprint density at radius 2 is 2.00 bits per heavy atom. The molecular formula is C13H18ClF3N2O2. The largest absolute Gasteiger partial charge is 0.491 e. The number of hydrogen-bond donors (Lipinski definition) is 2. The molecule has 0 heterocycles. The Hall–Kier alpha value is -1.47. The Balaban J connectivity index is 0.00000400. The van der Waals surface area contributed by atoms with Crippen LogP contribution in [0.25, 0.3) is 0 Å². The SMILES string of the molecule is CC(COc1ccccc1C(F)(F)F)NC(=O)CCN.Cl. The van der Waals surface area contributed by atoms with E-state index in [-0.39, 0.29) is 43.6 Å². The summed E-state index contributed by atoms with van der Waals surface area (Å²) in [6.45, 7) is 1.81. The fourth-order valence-corrected chi connectivity index (χ4v) is 1.56. The number of nitrogens with one attached hydrogen (secondary N) is 1. The monoisotopic (exact) mass is 326 g/mol. The normalized spacial score (nSPS) is 12.2. The van der Waals surface area contributed by atoms with Crippen LogP contribution in [0.4, 0.5) is 13.2 Å². The van der Waals surface area contributed by atoms with E-state index in [0.29, 0.717) is 0 Å². The number of alkyl halides is 3. The molecule has 1 aromatic rings. The topological polar surface area (TPSA) is 64.3 Å². The smallest absolute Gasteiger partial charge is 0.419 e. The summed E-state index contributed by atoms with van der Waals surface area (Å²) >= 11 is 0. The van der Waals surface area contributed by atoms with E-state index in [1.807, 2.05) is 0 Å². The van der Waals surface area contributed by atoms with Crippen LogP contribution in [0.1, 0.15) is 18.9 Å². The number of carbonyl (C=O) groups is 1. The molecule has 0 fully saturated rings. The van der Waals surface area contributed by atoms with Crippen molar-refractivity contribution in [3.05, 3.63) is 29.8 Å². The van der Waals surface area contributed by atoms with Crippen LogP contribution < -0.4 is 15.8 Å². The molecule has 120 valence electrons. The molecule has 0 aliphatic rings. The zero-order valence-corrected chi connectivity index (χ0v) is 12.3. The zero-order chi connectivity index (χ0) is 15.2. The van der Waals surface area contributed by atoms with Crippen LogP contribution >= 0.6 is 12.4 Å². The van der Waals surface area contributed by atoms with Crippen molar-refractivity contribution in [3.8, 4) is 5.75 Å². The fraction of sp³-hybridized carbons (Fsp3) is 0.462. The van der Waals surface area contributed by atoms with Gasteiger partial charge in [-0.3, -0.25) is 4.79 Å². The Labute approximate surface area is 127 Å². The maximum absolute atomic E-state index is 12.7. The van der Waals surface area contributed by atoms with Crippen LogP contribution in [0.5, 0.6) is 5.75 Å². The van der Waals surface area contributed by atoms with Crippen LogP contribution in [-0.2, 0) is 11.0 Å². The lowest BCUT2D eigenvalue weighted by atomic mass is 10.2. The average Bonchev–Trinajstić information content (AvgIpc) is 2.36. The Morgan fingerprint density at radius 3 is 2.57 bits per heavy atom. The van der Waals surface area contributed by atoms with Crippen molar-refractivity contribution >= 4 is 18.3 Å². The second kappa shape index (κ2) is 8.74. The van der Waals surface area contributed by atoms with Gasteiger partial charge in [-0.2, -0.15) is 13.2 Å². The molecule has 0 bridgehead atoms. The number of benzene rings is 1. The van der Waals surface area contributed by atoms with Gasteiger partial charge in [0.15, 0.2) is 0 Å². The van der Waals surface area contributed by atoms with E-state index in [9.17, 15) is 18.0 Å². The van der Waals surface area contributed by atoms with Crippen molar-refractivity contribution < 1.29 is 22.7 Å². The van der Waals surface area contributed by atoms with Crippen molar-refractivity contribution in [2.24, 2.45) is 5.73 Å². The van der Waals surface area contributed by atoms with Gasteiger partial charge in [-0.05, 0) is 19.1 Å². The first-order valence-corrected chi connectivity index (χ1v) is 6.13. The lowest BCUT2D eigenvalue weighted by Gasteiger charge is -2.17. The molecule has 1 unspecified atom stereocenters. The van der Waals surface area contributed by atoms with Gasteiger partial charge >= 0.3 is 6.18 Å². The van der Waals surface area contributed by atoms with E-state index in [4.69, 9.17) is 10.5 Å². The molecule has 1 rings (SSSR count). The highest BCUT2D eigenvalue weighted by molar-refractivity contribution is 5.85. The zero-order valence-electron chi connectivity index (χ0n) is 11.4. The number of rotatable bonds is 6. The summed E-state index contributed by atoms with van der Waals surface area (Å²) in [6, 6.07) is 4.55. The standard InChI is InChI=1S/C13H17F3N2O2.ClH/c1-9(18-12(19)6-7-17)8-20-11-5-3-2-4-10(11)13(14,15)16;/h2-5,9H,6-8,17H2,1H3,(H,18,19);1H. The van der Waals surface area contributed by atoms with Crippen LogP contribution in [0, 0.1) is 0 Å². The third-order valence-electron chi connectivity index (χ3n) is 2.46. The summed E-state index contributed by atoms with van der Waals surface area (Å²) in [5.74, 6) is -0.507. The number of nitrogens with two attached hydrogens (primary N) is 1. The first-order valence-electron chi connectivity index (χ1n) is 6.13. The van der Waals surface area contributed by atoms with Crippen LogP contribution in [0.3, 0.4) is 0 Å². The van der Waals surface area contributed by atoms with Crippen molar-refractivity contribution in [3.63, 3.8) is 0 Å². The number of hydrogen-bond acceptors (Lipinski definition) is 3. The highest BCUT2D eigenvalue weighted by atomic mass is 35.5. The molecule has 3 N–H and O–H groups in total. The van der Waals surface area contributed by atoms with Crippen LogP contribution in [0.15, 0.2) is 24.3 Å². The second-order valence-corrected chi connectivity index (χ2v) is 4.31. The summed E-state index contributed by atoms with van der Waals surface area (Å²) in [6.07, 6.45) is -4.30. The number of para-hydroxylation sites is 1. The molecule has 0 aromatic heterocycles. The second-order valence-electron chi connectivity index (χ2n) is 4.31. The molecule has 4 nitrogen and oxygen atoms in total. The minimum atomic E-state index is -4.47. The van der Waals surface area contributed by atoms with Crippen LogP contribution in [-0.4, -0.2) is 25.1 Å². The molecule has 1 amide bonds. The molecule has 0 aliphatic carbocycles. The minimum Gasteiger partial charge on any atom is -0.491 e. The van der Waals surface area contributed by atoms with Crippen molar-refractivity contribution in [1.82, 2.24) is 5.32 Å². The summed E-state index contributed by atoms with van der Waals surface area (Å²) in [4.78, 5) is 11.3. The van der Waals surface area contributed by atoms with Crippen molar-refractivity contribution in [2.45, 2.75) is 25.6 Å². The van der Waals surface area contributed by atoms with Gasteiger partial charge in [0.1, 0.15) is 12.4 Å². The van der Waals surface area contributed by atoms with Crippen molar-refractivity contribution in [1.29, 1.82) is 0 Å². The summed E-state index contributed by atoms with van der Waals surface area (Å²) < 4.78 is 43.3. The summed E-state index contributed by atoms with van der Waals surface area (Å²) in [7, 11) is 0. The number of carbonyl (C=O) groups excluding carboxylic acids is 1. The Bertz CT molecular complexity index is 455. The predicted octanol–water partition coefficient (Wildman–Crippen LogP) is 2.36. The Morgan fingerprint density at radius 1 is 1.38 bits per heavy atom. The maximum atomic E-state index is 12.7. The molecule has 0 saturated carbocycles. The molecule has 0 aliphatic heterocycles. The molecule has 8 heteroatoms. The lowest BCUT2D eigenvalue weighted by Crippen LogP contribution is -2.37. The van der Waals surface area contributed by atoms with E-state index in [1.165, 1.54) is 18.2 Å². The van der Waals surface area contributed by atoms with Gasteiger partial charge in [0.25, 0.3) is 0 Å². The summed E-state index contributed by atoms with van der Waals surface area (Å²) in [5, 5.41) is 2.58. The van der Waals surface area contributed by atoms with Crippen LogP contribution in [0.2, 0.25) is 0 Å². The van der Waals surface area contributed by atoms with Gasteiger partial charge in [-0.15, -0.1) is 12.4 Å². The fourth-order valence-electron chi connectivity index (χ4n) is 1.56. The molecule has 1 atom stereocenters. The van der Waals surface area contributed by atoms with Crippen molar-refractivity contribution in [2.75, 3.05) is 13.2 Å². The van der Waals surface area contributed by atoms with E-state index in [0.717, 1.165) is 6.07 Å². The van der Waals surface area contributed by atoms with Gasteiger partial charge in [0.05, 0.1) is 11.6 Å². The quantitative estimate of drug-likeness (QED) is 0.843. The van der Waals surface area contributed by atoms with Gasteiger partial charge in [0.2, 0.25) is 5.91 Å². The molecule has 21 heavy (non-hydrogen) atoms. The van der Waals surface area contributed by atoms with E-state index >= 15 is 0 Å². The number of ether oxygens (including phenoxy) is 1.